The molecule has 2 amide bonds. The third-order valence-corrected chi connectivity index (χ3v) is 5.29. The number of piperazine rings is 1. The van der Waals surface area contributed by atoms with Gasteiger partial charge in [-0.15, -0.1) is 11.3 Å². The Kier molecular flexibility index (Phi) is 4.66. The third-order valence-electron chi connectivity index (χ3n) is 3.98. The van der Waals surface area contributed by atoms with Gasteiger partial charge in [0, 0.05) is 11.1 Å². The van der Waals surface area contributed by atoms with Gasteiger partial charge < -0.3 is 10.2 Å². The molecule has 0 radical (unpaired) electrons. The fourth-order valence-corrected chi connectivity index (χ4v) is 3.50. The maximum atomic E-state index is 12.7. The second kappa shape index (κ2) is 6.13. The second-order valence-electron chi connectivity index (χ2n) is 5.85. The van der Waals surface area contributed by atoms with Gasteiger partial charge in [-0.2, -0.15) is 0 Å². The van der Waals surface area contributed by atoms with Crippen LogP contribution in [0.2, 0.25) is 0 Å². The summed E-state index contributed by atoms with van der Waals surface area (Å²) in [6.07, 6.45) is 2.79. The van der Waals surface area contributed by atoms with E-state index in [0.29, 0.717) is 0 Å². The van der Waals surface area contributed by atoms with E-state index in [2.05, 4.69) is 17.2 Å². The van der Waals surface area contributed by atoms with Crippen LogP contribution in [-0.4, -0.2) is 33.8 Å². The van der Waals surface area contributed by atoms with Gasteiger partial charge >= 0.3 is 0 Å². The molecule has 1 aromatic heterocycles. The van der Waals surface area contributed by atoms with Crippen LogP contribution in [0.5, 0.6) is 0 Å². The van der Waals surface area contributed by atoms with Crippen LogP contribution in [0, 0.1) is 5.92 Å². The van der Waals surface area contributed by atoms with E-state index < -0.39 is 12.1 Å². The molecule has 6 heteroatoms. The van der Waals surface area contributed by atoms with Gasteiger partial charge in [0.1, 0.15) is 17.1 Å². The molecule has 0 bridgehead atoms. The Morgan fingerprint density at radius 3 is 2.57 bits per heavy atom. The predicted octanol–water partition coefficient (Wildman–Crippen LogP) is 2.14. The molecule has 1 fully saturated rings. The third kappa shape index (κ3) is 2.95. The molecule has 0 aromatic carbocycles. The predicted molar refractivity (Wildman–Crippen MR) is 83.0 cm³/mol. The van der Waals surface area contributed by atoms with Crippen LogP contribution in [0.4, 0.5) is 0 Å². The number of thiazole rings is 1. The first-order valence-electron chi connectivity index (χ1n) is 7.44. The fraction of sp³-hybridized carbons (Fsp3) is 0.667. The Morgan fingerprint density at radius 2 is 2.05 bits per heavy atom. The van der Waals surface area contributed by atoms with Crippen molar-refractivity contribution < 1.29 is 9.59 Å². The molecule has 2 rings (SSSR count). The first-order valence-corrected chi connectivity index (χ1v) is 8.25. The maximum absolute atomic E-state index is 12.7. The summed E-state index contributed by atoms with van der Waals surface area (Å²) in [5, 5.41) is 3.71. The topological polar surface area (TPSA) is 62.3 Å². The zero-order chi connectivity index (χ0) is 15.7. The van der Waals surface area contributed by atoms with Gasteiger partial charge in [-0.05, 0) is 26.2 Å². The molecule has 0 saturated carbocycles. The molecular formula is C15H23N3O2S. The molecule has 1 saturated heterocycles. The summed E-state index contributed by atoms with van der Waals surface area (Å²) < 4.78 is 0. The van der Waals surface area contributed by atoms with Gasteiger partial charge in [0.2, 0.25) is 11.8 Å². The summed E-state index contributed by atoms with van der Waals surface area (Å²) >= 11 is 1.61. The van der Waals surface area contributed by atoms with Crippen LogP contribution in [0.25, 0.3) is 0 Å². The summed E-state index contributed by atoms with van der Waals surface area (Å²) in [5.41, 5.74) is 0. The van der Waals surface area contributed by atoms with Crippen molar-refractivity contribution in [3.05, 3.63) is 16.1 Å². The van der Waals surface area contributed by atoms with Gasteiger partial charge in [0.05, 0.1) is 6.04 Å². The number of nitrogens with zero attached hydrogens (tertiary/aromatic N) is 2. The molecule has 1 aliphatic heterocycles. The summed E-state index contributed by atoms with van der Waals surface area (Å²) in [4.78, 5) is 32.1. The van der Waals surface area contributed by atoms with Crippen LogP contribution in [-0.2, 0) is 16.0 Å². The highest BCUT2D eigenvalue weighted by Gasteiger charge is 2.42. The number of aryl methyl sites for hydroxylation is 1. The molecule has 3 unspecified atom stereocenters. The zero-order valence-electron chi connectivity index (χ0n) is 13.2. The number of carbonyl (C=O) groups excluding carboxylic acids is 2. The molecule has 116 valence electrons. The van der Waals surface area contributed by atoms with Gasteiger partial charge in [-0.1, -0.05) is 20.8 Å². The standard InChI is InChI=1S/C15H23N3O2S/c1-6-11-7-16-14(21-11)10(5)18-9(4)13(19)17-12(8(2)3)15(18)20/h7-10,12H,6H2,1-5H3,(H,17,19). The fourth-order valence-electron chi connectivity index (χ4n) is 2.59. The lowest BCUT2D eigenvalue weighted by molar-refractivity contribution is -0.152. The Balaban J connectivity index is 2.29. The molecule has 0 aliphatic carbocycles. The second-order valence-corrected chi connectivity index (χ2v) is 6.99. The number of hydrogen-bond acceptors (Lipinski definition) is 4. The van der Waals surface area contributed by atoms with E-state index in [-0.39, 0.29) is 23.8 Å². The summed E-state index contributed by atoms with van der Waals surface area (Å²) in [7, 11) is 0. The molecule has 1 N–H and O–H groups in total. The minimum Gasteiger partial charge on any atom is -0.342 e. The lowest BCUT2D eigenvalue weighted by Crippen LogP contribution is -2.64. The highest BCUT2D eigenvalue weighted by atomic mass is 32.1. The SMILES string of the molecule is CCc1cnc(C(C)N2C(=O)C(C(C)C)NC(=O)C2C)s1. The first kappa shape index (κ1) is 15.9. The van der Waals surface area contributed by atoms with Crippen molar-refractivity contribution in [2.45, 2.75) is 59.2 Å². The van der Waals surface area contributed by atoms with Crippen LogP contribution >= 0.6 is 11.3 Å². The molecule has 1 aliphatic rings. The number of aromatic nitrogens is 1. The lowest BCUT2D eigenvalue weighted by Gasteiger charge is -2.41. The van der Waals surface area contributed by atoms with Crippen molar-refractivity contribution in [1.29, 1.82) is 0 Å². The highest BCUT2D eigenvalue weighted by Crippen LogP contribution is 2.30. The first-order chi connectivity index (χ1) is 9.86. The number of amides is 2. The largest absolute Gasteiger partial charge is 0.342 e. The van der Waals surface area contributed by atoms with Gasteiger partial charge in [0.15, 0.2) is 0 Å². The van der Waals surface area contributed by atoms with E-state index in [4.69, 9.17) is 0 Å². The van der Waals surface area contributed by atoms with E-state index in [1.54, 1.807) is 23.2 Å². The summed E-state index contributed by atoms with van der Waals surface area (Å²) in [6, 6.07) is -1.08. The van der Waals surface area contributed by atoms with Crippen LogP contribution in [0.1, 0.15) is 50.5 Å². The lowest BCUT2D eigenvalue weighted by atomic mass is 9.97. The summed E-state index contributed by atoms with van der Waals surface area (Å²) in [6.45, 7) is 9.69. The monoisotopic (exact) mass is 309 g/mol. The van der Waals surface area contributed by atoms with Crippen LogP contribution < -0.4 is 5.32 Å². The van der Waals surface area contributed by atoms with E-state index in [9.17, 15) is 9.59 Å². The van der Waals surface area contributed by atoms with E-state index in [1.807, 2.05) is 27.0 Å². The quantitative estimate of drug-likeness (QED) is 0.927. The number of nitrogens with one attached hydrogen (secondary N) is 1. The molecule has 21 heavy (non-hydrogen) atoms. The van der Waals surface area contributed by atoms with Crippen molar-refractivity contribution in [1.82, 2.24) is 15.2 Å². The normalized spacial score (nSPS) is 24.4. The molecule has 0 spiro atoms. The minimum absolute atomic E-state index is 0.0159. The average molecular weight is 309 g/mol. The van der Waals surface area contributed by atoms with Crippen LogP contribution in [0.15, 0.2) is 6.20 Å². The Hall–Kier alpha value is -1.43. The average Bonchev–Trinajstić information content (AvgIpc) is 2.91. The van der Waals surface area contributed by atoms with Crippen molar-refractivity contribution in [2.24, 2.45) is 5.92 Å². The van der Waals surface area contributed by atoms with Crippen molar-refractivity contribution in [2.75, 3.05) is 0 Å². The minimum atomic E-state index is -0.462. The number of rotatable bonds is 4. The van der Waals surface area contributed by atoms with E-state index >= 15 is 0 Å². The van der Waals surface area contributed by atoms with Crippen LogP contribution in [0.3, 0.4) is 0 Å². The Morgan fingerprint density at radius 1 is 1.38 bits per heavy atom. The number of hydrogen-bond donors (Lipinski definition) is 1. The Labute approximate surface area is 129 Å². The summed E-state index contributed by atoms with van der Waals surface area (Å²) in [5.74, 6) is -0.0311. The van der Waals surface area contributed by atoms with Crippen molar-refractivity contribution >= 4 is 23.2 Å². The zero-order valence-corrected chi connectivity index (χ0v) is 14.0. The molecule has 2 heterocycles. The van der Waals surface area contributed by atoms with Gasteiger partial charge in [0.25, 0.3) is 0 Å². The molecular weight excluding hydrogens is 286 g/mol. The van der Waals surface area contributed by atoms with E-state index in [0.717, 1.165) is 11.4 Å². The highest BCUT2D eigenvalue weighted by molar-refractivity contribution is 7.11. The van der Waals surface area contributed by atoms with E-state index in [1.165, 1.54) is 4.88 Å². The number of carbonyl (C=O) groups is 2. The van der Waals surface area contributed by atoms with Crippen molar-refractivity contribution in [3.63, 3.8) is 0 Å². The molecule has 3 atom stereocenters. The maximum Gasteiger partial charge on any atom is 0.246 e. The smallest absolute Gasteiger partial charge is 0.246 e. The van der Waals surface area contributed by atoms with Crippen molar-refractivity contribution in [3.8, 4) is 0 Å². The molecule has 5 nitrogen and oxygen atoms in total. The van der Waals surface area contributed by atoms with Gasteiger partial charge in [-0.25, -0.2) is 4.98 Å². The Bertz CT molecular complexity index is 541. The van der Waals surface area contributed by atoms with Gasteiger partial charge in [-0.3, -0.25) is 9.59 Å². The molecule has 1 aromatic rings.